The Labute approximate surface area is 120 Å². The van der Waals surface area contributed by atoms with Crippen LogP contribution < -0.4 is 4.90 Å². The summed E-state index contributed by atoms with van der Waals surface area (Å²) in [5, 5.41) is 0. The molecule has 2 rings (SSSR count). The standard InChI is InChI=1S/C17H20N2O/c1-3-6-17(20)19(13-15-8-5-10-18-12-15)16-9-4-7-14(2)11-16/h4-5,7-12H,3,6,13H2,1-2H3. The third kappa shape index (κ3) is 3.67. The van der Waals surface area contributed by atoms with E-state index in [-0.39, 0.29) is 5.91 Å². The molecule has 0 aliphatic rings. The van der Waals surface area contributed by atoms with Crippen LogP contribution in [0.3, 0.4) is 0 Å². The first kappa shape index (κ1) is 14.3. The maximum absolute atomic E-state index is 12.4. The fourth-order valence-corrected chi connectivity index (χ4v) is 2.14. The molecule has 2 aromatic rings. The zero-order valence-corrected chi connectivity index (χ0v) is 12.0. The van der Waals surface area contributed by atoms with E-state index in [1.165, 1.54) is 0 Å². The van der Waals surface area contributed by atoms with Crippen LogP contribution in [0.2, 0.25) is 0 Å². The Morgan fingerprint density at radius 1 is 1.25 bits per heavy atom. The molecule has 0 radical (unpaired) electrons. The Morgan fingerprint density at radius 2 is 2.10 bits per heavy atom. The van der Waals surface area contributed by atoms with Gasteiger partial charge in [0.15, 0.2) is 0 Å². The van der Waals surface area contributed by atoms with Crippen LogP contribution in [0.1, 0.15) is 30.9 Å². The molecular weight excluding hydrogens is 248 g/mol. The Morgan fingerprint density at radius 3 is 2.75 bits per heavy atom. The first-order valence-electron chi connectivity index (χ1n) is 6.96. The van der Waals surface area contributed by atoms with Crippen LogP contribution in [0, 0.1) is 6.92 Å². The smallest absolute Gasteiger partial charge is 0.227 e. The number of hydrogen-bond donors (Lipinski definition) is 0. The van der Waals surface area contributed by atoms with Crippen LogP contribution in [0.4, 0.5) is 5.69 Å². The van der Waals surface area contributed by atoms with E-state index in [1.807, 2.05) is 61.3 Å². The van der Waals surface area contributed by atoms with Gasteiger partial charge in [0, 0.05) is 24.5 Å². The molecule has 0 unspecified atom stereocenters. The molecule has 1 heterocycles. The van der Waals surface area contributed by atoms with Crippen LogP contribution >= 0.6 is 0 Å². The first-order valence-corrected chi connectivity index (χ1v) is 6.96. The summed E-state index contributed by atoms with van der Waals surface area (Å²) in [6.45, 7) is 4.63. The average molecular weight is 268 g/mol. The van der Waals surface area contributed by atoms with Gasteiger partial charge in [-0.15, -0.1) is 0 Å². The SMILES string of the molecule is CCCC(=O)N(Cc1cccnc1)c1cccc(C)c1. The maximum atomic E-state index is 12.4. The minimum absolute atomic E-state index is 0.155. The summed E-state index contributed by atoms with van der Waals surface area (Å²) in [4.78, 5) is 18.3. The minimum Gasteiger partial charge on any atom is -0.308 e. The van der Waals surface area contributed by atoms with Gasteiger partial charge >= 0.3 is 0 Å². The fraction of sp³-hybridized carbons (Fsp3) is 0.294. The van der Waals surface area contributed by atoms with Crippen LogP contribution in [0.5, 0.6) is 0 Å². The van der Waals surface area contributed by atoms with Crippen molar-refractivity contribution >= 4 is 11.6 Å². The van der Waals surface area contributed by atoms with Crippen molar-refractivity contribution in [3.63, 3.8) is 0 Å². The Bertz CT molecular complexity index is 566. The lowest BCUT2D eigenvalue weighted by atomic mass is 10.1. The van der Waals surface area contributed by atoms with Gasteiger partial charge in [-0.25, -0.2) is 0 Å². The highest BCUT2D eigenvalue weighted by molar-refractivity contribution is 5.93. The van der Waals surface area contributed by atoms with E-state index in [2.05, 4.69) is 4.98 Å². The molecule has 0 fully saturated rings. The van der Waals surface area contributed by atoms with Gasteiger partial charge in [-0.1, -0.05) is 25.1 Å². The second-order valence-corrected chi connectivity index (χ2v) is 4.93. The number of rotatable bonds is 5. The summed E-state index contributed by atoms with van der Waals surface area (Å²) < 4.78 is 0. The van der Waals surface area contributed by atoms with Crippen molar-refractivity contribution in [2.45, 2.75) is 33.2 Å². The van der Waals surface area contributed by atoms with E-state index in [9.17, 15) is 4.79 Å². The molecule has 0 saturated heterocycles. The number of carbonyl (C=O) groups excluding carboxylic acids is 1. The number of benzene rings is 1. The van der Waals surface area contributed by atoms with Crippen LogP contribution in [-0.4, -0.2) is 10.9 Å². The van der Waals surface area contributed by atoms with E-state index < -0.39 is 0 Å². The molecule has 3 heteroatoms. The number of amides is 1. The summed E-state index contributed by atoms with van der Waals surface area (Å²) in [5.41, 5.74) is 3.15. The molecule has 1 aromatic heterocycles. The summed E-state index contributed by atoms with van der Waals surface area (Å²) in [6.07, 6.45) is 4.97. The number of carbonyl (C=O) groups is 1. The van der Waals surface area contributed by atoms with Crippen molar-refractivity contribution in [1.29, 1.82) is 0 Å². The van der Waals surface area contributed by atoms with Crippen LogP contribution in [0.15, 0.2) is 48.8 Å². The predicted molar refractivity (Wildman–Crippen MR) is 81.5 cm³/mol. The number of aryl methyl sites for hydroxylation is 1. The van der Waals surface area contributed by atoms with Gasteiger partial charge in [-0.05, 0) is 42.7 Å². The Hall–Kier alpha value is -2.16. The van der Waals surface area contributed by atoms with Gasteiger partial charge in [-0.3, -0.25) is 9.78 Å². The van der Waals surface area contributed by atoms with Gasteiger partial charge in [0.1, 0.15) is 0 Å². The van der Waals surface area contributed by atoms with Crippen molar-refractivity contribution in [2.75, 3.05) is 4.90 Å². The van der Waals surface area contributed by atoms with Gasteiger partial charge in [0.05, 0.1) is 6.54 Å². The van der Waals surface area contributed by atoms with E-state index >= 15 is 0 Å². The summed E-state index contributed by atoms with van der Waals surface area (Å²) >= 11 is 0. The topological polar surface area (TPSA) is 33.2 Å². The maximum Gasteiger partial charge on any atom is 0.227 e. The van der Waals surface area contributed by atoms with Gasteiger partial charge in [-0.2, -0.15) is 0 Å². The van der Waals surface area contributed by atoms with Crippen LogP contribution in [-0.2, 0) is 11.3 Å². The minimum atomic E-state index is 0.155. The molecule has 0 aliphatic heterocycles. The van der Waals surface area contributed by atoms with Crippen molar-refractivity contribution in [3.05, 3.63) is 59.9 Å². The average Bonchev–Trinajstić information content (AvgIpc) is 2.46. The van der Waals surface area contributed by atoms with Gasteiger partial charge < -0.3 is 4.90 Å². The van der Waals surface area contributed by atoms with Crippen molar-refractivity contribution < 1.29 is 4.79 Å². The molecule has 0 saturated carbocycles. The molecule has 1 amide bonds. The van der Waals surface area contributed by atoms with E-state index in [4.69, 9.17) is 0 Å². The number of pyridine rings is 1. The highest BCUT2D eigenvalue weighted by Crippen LogP contribution is 2.20. The fourth-order valence-electron chi connectivity index (χ4n) is 2.14. The normalized spacial score (nSPS) is 10.3. The Kier molecular flexibility index (Phi) is 4.88. The molecule has 1 aromatic carbocycles. The summed E-state index contributed by atoms with van der Waals surface area (Å²) in [7, 11) is 0. The third-order valence-electron chi connectivity index (χ3n) is 3.14. The summed E-state index contributed by atoms with van der Waals surface area (Å²) in [5.74, 6) is 0.155. The summed E-state index contributed by atoms with van der Waals surface area (Å²) in [6, 6.07) is 11.9. The molecule has 0 bridgehead atoms. The molecule has 20 heavy (non-hydrogen) atoms. The van der Waals surface area contributed by atoms with E-state index in [1.54, 1.807) is 6.20 Å². The molecule has 0 spiro atoms. The zero-order valence-electron chi connectivity index (χ0n) is 12.0. The van der Waals surface area contributed by atoms with Crippen LogP contribution in [0.25, 0.3) is 0 Å². The lowest BCUT2D eigenvalue weighted by Crippen LogP contribution is -2.30. The molecule has 0 N–H and O–H groups in total. The Balaban J connectivity index is 2.27. The van der Waals surface area contributed by atoms with Gasteiger partial charge in [0.2, 0.25) is 5.91 Å². The number of nitrogens with zero attached hydrogens (tertiary/aromatic N) is 2. The highest BCUT2D eigenvalue weighted by Gasteiger charge is 2.15. The van der Waals surface area contributed by atoms with E-state index in [0.717, 1.165) is 23.2 Å². The van der Waals surface area contributed by atoms with E-state index in [0.29, 0.717) is 13.0 Å². The lowest BCUT2D eigenvalue weighted by Gasteiger charge is -2.23. The molecule has 0 atom stereocenters. The third-order valence-corrected chi connectivity index (χ3v) is 3.14. The molecule has 3 nitrogen and oxygen atoms in total. The van der Waals surface area contributed by atoms with Crippen molar-refractivity contribution in [2.24, 2.45) is 0 Å². The quantitative estimate of drug-likeness (QED) is 0.828. The van der Waals surface area contributed by atoms with Gasteiger partial charge in [0.25, 0.3) is 0 Å². The second-order valence-electron chi connectivity index (χ2n) is 4.93. The largest absolute Gasteiger partial charge is 0.308 e. The molecular formula is C17H20N2O. The first-order chi connectivity index (χ1) is 9.70. The second kappa shape index (κ2) is 6.85. The zero-order chi connectivity index (χ0) is 14.4. The predicted octanol–water partition coefficient (Wildman–Crippen LogP) is 3.72. The monoisotopic (exact) mass is 268 g/mol. The van der Waals surface area contributed by atoms with Crippen molar-refractivity contribution in [3.8, 4) is 0 Å². The lowest BCUT2D eigenvalue weighted by molar-refractivity contribution is -0.118. The number of hydrogen-bond acceptors (Lipinski definition) is 2. The van der Waals surface area contributed by atoms with Crippen molar-refractivity contribution in [1.82, 2.24) is 4.98 Å². The molecule has 104 valence electrons. The molecule has 0 aliphatic carbocycles. The number of aromatic nitrogens is 1. The number of anilines is 1. The highest BCUT2D eigenvalue weighted by atomic mass is 16.2.